The minimum absolute atomic E-state index is 0.0312. The molecule has 0 radical (unpaired) electrons. The molecule has 1 N–H and O–H groups in total. The van der Waals surface area contributed by atoms with Crippen molar-refractivity contribution in [2.24, 2.45) is 5.92 Å². The number of carbonyl (C=O) groups is 2. The predicted octanol–water partition coefficient (Wildman–Crippen LogP) is 3.56. The van der Waals surface area contributed by atoms with E-state index in [9.17, 15) is 9.59 Å². The molecular formula is C20H29N3O2. The molecule has 3 amide bonds. The van der Waals surface area contributed by atoms with Crippen LogP contribution in [0.1, 0.15) is 43.2 Å². The van der Waals surface area contributed by atoms with E-state index in [0.717, 1.165) is 63.1 Å². The molecule has 25 heavy (non-hydrogen) atoms. The van der Waals surface area contributed by atoms with Crippen molar-refractivity contribution in [2.75, 3.05) is 31.5 Å². The van der Waals surface area contributed by atoms with E-state index < -0.39 is 0 Å². The van der Waals surface area contributed by atoms with Gasteiger partial charge in [-0.2, -0.15) is 0 Å². The minimum Gasteiger partial charge on any atom is -0.343 e. The Kier molecular flexibility index (Phi) is 5.61. The van der Waals surface area contributed by atoms with Crippen molar-refractivity contribution < 1.29 is 9.59 Å². The first-order valence-corrected chi connectivity index (χ1v) is 9.44. The second kappa shape index (κ2) is 7.89. The third-order valence-electron chi connectivity index (χ3n) is 5.45. The van der Waals surface area contributed by atoms with Crippen molar-refractivity contribution >= 4 is 17.6 Å². The van der Waals surface area contributed by atoms with Crippen molar-refractivity contribution in [3.05, 3.63) is 29.3 Å². The van der Waals surface area contributed by atoms with E-state index in [1.165, 1.54) is 5.56 Å². The summed E-state index contributed by atoms with van der Waals surface area (Å²) in [5.74, 6) is 0.717. The summed E-state index contributed by atoms with van der Waals surface area (Å²) in [4.78, 5) is 28.6. The molecule has 0 aromatic heterocycles. The summed E-state index contributed by atoms with van der Waals surface area (Å²) in [5, 5.41) is 3.02. The lowest BCUT2D eigenvalue weighted by atomic mass is 9.93. The van der Waals surface area contributed by atoms with E-state index in [4.69, 9.17) is 0 Å². The highest BCUT2D eigenvalue weighted by atomic mass is 16.2. The third-order valence-corrected chi connectivity index (χ3v) is 5.45. The Morgan fingerprint density at radius 1 is 1.04 bits per heavy atom. The molecule has 1 aromatic carbocycles. The van der Waals surface area contributed by atoms with Crippen molar-refractivity contribution in [3.63, 3.8) is 0 Å². The van der Waals surface area contributed by atoms with Gasteiger partial charge in [0.05, 0.1) is 0 Å². The maximum atomic E-state index is 12.5. The van der Waals surface area contributed by atoms with E-state index in [1.54, 1.807) is 0 Å². The number of amides is 3. The number of aryl methyl sites for hydroxylation is 2. The van der Waals surface area contributed by atoms with E-state index in [0.29, 0.717) is 18.2 Å². The second-order valence-corrected chi connectivity index (χ2v) is 7.47. The molecule has 2 fully saturated rings. The summed E-state index contributed by atoms with van der Waals surface area (Å²) >= 11 is 0. The Bertz CT molecular complexity index is 630. The number of benzene rings is 1. The first kappa shape index (κ1) is 17.8. The van der Waals surface area contributed by atoms with Gasteiger partial charge in [-0.25, -0.2) is 4.79 Å². The van der Waals surface area contributed by atoms with Gasteiger partial charge in [-0.05, 0) is 57.1 Å². The number of nitrogens with one attached hydrogen (secondary N) is 1. The highest BCUT2D eigenvalue weighted by Crippen LogP contribution is 2.24. The number of piperidine rings is 1. The lowest BCUT2D eigenvalue weighted by molar-refractivity contribution is -0.131. The molecule has 0 aliphatic carbocycles. The molecule has 5 heteroatoms. The second-order valence-electron chi connectivity index (χ2n) is 7.47. The Hall–Kier alpha value is -2.04. The first-order valence-electron chi connectivity index (χ1n) is 9.44. The van der Waals surface area contributed by atoms with Crippen LogP contribution in [0.5, 0.6) is 0 Å². The van der Waals surface area contributed by atoms with Crippen LogP contribution in [0, 0.1) is 19.8 Å². The largest absolute Gasteiger partial charge is 0.343 e. The molecule has 2 saturated heterocycles. The lowest BCUT2D eigenvalue weighted by Crippen LogP contribution is -2.42. The molecule has 0 atom stereocenters. The SMILES string of the molecule is Cc1ccc(NC(=O)N2CCC(CC(=O)N3CCCC3)CC2)c(C)c1. The predicted molar refractivity (Wildman–Crippen MR) is 99.7 cm³/mol. The fourth-order valence-corrected chi connectivity index (χ4v) is 3.83. The lowest BCUT2D eigenvalue weighted by Gasteiger charge is -2.32. The number of anilines is 1. The van der Waals surface area contributed by atoms with Crippen molar-refractivity contribution in [1.29, 1.82) is 0 Å². The smallest absolute Gasteiger partial charge is 0.321 e. The standard InChI is InChI=1S/C20H29N3O2/c1-15-5-6-18(16(2)13-15)21-20(25)23-11-7-17(8-12-23)14-19(24)22-9-3-4-10-22/h5-6,13,17H,3-4,7-12,14H2,1-2H3,(H,21,25). The fraction of sp³-hybridized carbons (Fsp3) is 0.600. The molecule has 136 valence electrons. The number of hydrogen-bond acceptors (Lipinski definition) is 2. The van der Waals surface area contributed by atoms with Crippen LogP contribution in [0.4, 0.5) is 10.5 Å². The monoisotopic (exact) mass is 343 g/mol. The van der Waals surface area contributed by atoms with Crippen LogP contribution in [-0.4, -0.2) is 47.9 Å². The average Bonchev–Trinajstić information content (AvgIpc) is 3.13. The Morgan fingerprint density at radius 2 is 1.72 bits per heavy atom. The fourth-order valence-electron chi connectivity index (χ4n) is 3.83. The van der Waals surface area contributed by atoms with Crippen LogP contribution in [0.3, 0.4) is 0 Å². The van der Waals surface area contributed by atoms with Crippen molar-refractivity contribution in [1.82, 2.24) is 9.80 Å². The normalized spacial score (nSPS) is 18.5. The van der Waals surface area contributed by atoms with Gasteiger partial charge in [0.2, 0.25) is 5.91 Å². The molecule has 0 spiro atoms. The average molecular weight is 343 g/mol. The number of urea groups is 1. The highest BCUT2D eigenvalue weighted by molar-refractivity contribution is 5.90. The number of carbonyl (C=O) groups excluding carboxylic acids is 2. The third kappa shape index (κ3) is 4.53. The van der Waals surface area contributed by atoms with Crippen LogP contribution < -0.4 is 5.32 Å². The molecule has 0 saturated carbocycles. The van der Waals surface area contributed by atoms with Gasteiger partial charge in [0.15, 0.2) is 0 Å². The Labute approximate surface area is 150 Å². The van der Waals surface area contributed by atoms with Crippen molar-refractivity contribution in [3.8, 4) is 0 Å². The summed E-state index contributed by atoms with van der Waals surface area (Å²) in [6, 6.07) is 6.02. The molecule has 5 nitrogen and oxygen atoms in total. The molecule has 0 unspecified atom stereocenters. The van der Waals surface area contributed by atoms with E-state index in [2.05, 4.69) is 11.4 Å². The minimum atomic E-state index is -0.0312. The molecule has 2 aliphatic heterocycles. The van der Waals surface area contributed by atoms with Gasteiger partial charge in [-0.15, -0.1) is 0 Å². The zero-order chi connectivity index (χ0) is 17.8. The number of hydrogen-bond donors (Lipinski definition) is 1. The van der Waals surface area contributed by atoms with Gasteiger partial charge in [-0.1, -0.05) is 17.7 Å². The van der Waals surface area contributed by atoms with Crippen LogP contribution in [0.15, 0.2) is 18.2 Å². The maximum absolute atomic E-state index is 12.5. The molecule has 1 aromatic rings. The molecule has 0 bridgehead atoms. The van der Waals surface area contributed by atoms with Gasteiger partial charge in [0.1, 0.15) is 0 Å². The topological polar surface area (TPSA) is 52.7 Å². The van der Waals surface area contributed by atoms with Gasteiger partial charge < -0.3 is 15.1 Å². The van der Waals surface area contributed by atoms with Gasteiger partial charge in [-0.3, -0.25) is 4.79 Å². The molecule has 3 rings (SSSR count). The summed E-state index contributed by atoms with van der Waals surface area (Å²) < 4.78 is 0. The maximum Gasteiger partial charge on any atom is 0.321 e. The zero-order valence-corrected chi connectivity index (χ0v) is 15.4. The number of likely N-dealkylation sites (tertiary alicyclic amines) is 2. The Morgan fingerprint density at radius 3 is 2.36 bits per heavy atom. The van der Waals surface area contributed by atoms with E-state index in [-0.39, 0.29) is 6.03 Å². The molecule has 2 aliphatic rings. The van der Waals surface area contributed by atoms with E-state index >= 15 is 0 Å². The summed E-state index contributed by atoms with van der Waals surface area (Å²) in [6.45, 7) is 7.38. The first-order chi connectivity index (χ1) is 12.0. The quantitative estimate of drug-likeness (QED) is 0.912. The van der Waals surface area contributed by atoms with Gasteiger partial charge in [0, 0.05) is 38.3 Å². The van der Waals surface area contributed by atoms with Crippen LogP contribution in [-0.2, 0) is 4.79 Å². The Balaban J connectivity index is 1.46. The summed E-state index contributed by atoms with van der Waals surface area (Å²) in [5.41, 5.74) is 3.15. The van der Waals surface area contributed by atoms with Crippen LogP contribution in [0.25, 0.3) is 0 Å². The summed E-state index contributed by atoms with van der Waals surface area (Å²) in [7, 11) is 0. The molecule has 2 heterocycles. The zero-order valence-electron chi connectivity index (χ0n) is 15.4. The summed E-state index contributed by atoms with van der Waals surface area (Å²) in [6.07, 6.45) is 4.76. The van der Waals surface area contributed by atoms with Crippen molar-refractivity contribution in [2.45, 2.75) is 46.0 Å². The highest BCUT2D eigenvalue weighted by Gasteiger charge is 2.27. The number of rotatable bonds is 3. The molecular weight excluding hydrogens is 314 g/mol. The van der Waals surface area contributed by atoms with Crippen LogP contribution in [0.2, 0.25) is 0 Å². The van der Waals surface area contributed by atoms with E-state index in [1.807, 2.05) is 35.8 Å². The van der Waals surface area contributed by atoms with Crippen LogP contribution >= 0.6 is 0 Å². The van der Waals surface area contributed by atoms with Gasteiger partial charge in [0.25, 0.3) is 0 Å². The van der Waals surface area contributed by atoms with Gasteiger partial charge >= 0.3 is 6.03 Å². The number of nitrogens with zero attached hydrogens (tertiary/aromatic N) is 2.